The van der Waals surface area contributed by atoms with Crippen LogP contribution in [0.3, 0.4) is 0 Å². The lowest BCUT2D eigenvalue weighted by Gasteiger charge is -2.11. The fraction of sp³-hybridized carbons (Fsp3) is 0.167. The zero-order valence-electron chi connectivity index (χ0n) is 14.0. The van der Waals surface area contributed by atoms with Crippen molar-refractivity contribution in [2.24, 2.45) is 0 Å². The van der Waals surface area contributed by atoms with E-state index < -0.39 is 11.9 Å². The summed E-state index contributed by atoms with van der Waals surface area (Å²) >= 11 is 0. The highest BCUT2D eigenvalue weighted by Crippen LogP contribution is 2.36. The maximum atomic E-state index is 12.9. The van der Waals surface area contributed by atoms with Gasteiger partial charge in [-0.2, -0.15) is 0 Å². The Hall–Kier alpha value is -3.55. The molecular formula is C18H17N3O5. The standard InChI is InChI=1S/C18H17N3O5/c1-20-18(24)21-16(22)7-11-6-14-15(26-9-25-14)8-13(11)17(23)10-2-4-12(19)5-3-10/h2-6,8H,7,9,19H2,1H3,(H2,20,21,22,24). The molecule has 0 aliphatic carbocycles. The fourth-order valence-electron chi connectivity index (χ4n) is 2.54. The van der Waals surface area contributed by atoms with Gasteiger partial charge in [0.2, 0.25) is 12.7 Å². The third kappa shape index (κ3) is 3.59. The van der Waals surface area contributed by atoms with Gasteiger partial charge in [0.1, 0.15) is 0 Å². The lowest BCUT2D eigenvalue weighted by molar-refractivity contribution is -0.119. The highest BCUT2D eigenvalue weighted by molar-refractivity contribution is 6.11. The number of nitrogens with two attached hydrogens (primary N) is 1. The second kappa shape index (κ2) is 7.14. The molecule has 1 aliphatic rings. The van der Waals surface area contributed by atoms with Crippen molar-refractivity contribution in [3.8, 4) is 11.5 Å². The van der Waals surface area contributed by atoms with Gasteiger partial charge in [-0.25, -0.2) is 4.79 Å². The highest BCUT2D eigenvalue weighted by Gasteiger charge is 2.23. The summed E-state index contributed by atoms with van der Waals surface area (Å²) in [5.74, 6) is 0.0430. The predicted molar refractivity (Wildman–Crippen MR) is 93.2 cm³/mol. The third-order valence-corrected chi connectivity index (χ3v) is 3.85. The zero-order valence-corrected chi connectivity index (χ0v) is 14.0. The number of amides is 3. The van der Waals surface area contributed by atoms with Crippen molar-refractivity contribution in [2.75, 3.05) is 19.6 Å². The van der Waals surface area contributed by atoms with Crippen molar-refractivity contribution in [3.63, 3.8) is 0 Å². The zero-order chi connectivity index (χ0) is 18.7. The number of ketones is 1. The molecule has 8 nitrogen and oxygen atoms in total. The minimum absolute atomic E-state index is 0.0404. The van der Waals surface area contributed by atoms with Crippen LogP contribution in [0.15, 0.2) is 36.4 Å². The molecule has 0 saturated carbocycles. The largest absolute Gasteiger partial charge is 0.454 e. The lowest BCUT2D eigenvalue weighted by Crippen LogP contribution is -2.38. The third-order valence-electron chi connectivity index (χ3n) is 3.85. The predicted octanol–water partition coefficient (Wildman–Crippen LogP) is 1.23. The Labute approximate surface area is 149 Å². The van der Waals surface area contributed by atoms with Gasteiger partial charge in [-0.15, -0.1) is 0 Å². The van der Waals surface area contributed by atoms with E-state index in [9.17, 15) is 14.4 Å². The van der Waals surface area contributed by atoms with Crippen LogP contribution >= 0.6 is 0 Å². The molecule has 0 aromatic heterocycles. The van der Waals surface area contributed by atoms with Crippen molar-refractivity contribution in [1.82, 2.24) is 10.6 Å². The van der Waals surface area contributed by atoms with Gasteiger partial charge >= 0.3 is 6.03 Å². The van der Waals surface area contributed by atoms with Crippen LogP contribution in [-0.2, 0) is 11.2 Å². The molecule has 4 N–H and O–H groups in total. The molecule has 2 aromatic rings. The van der Waals surface area contributed by atoms with E-state index in [0.29, 0.717) is 33.9 Å². The molecule has 8 heteroatoms. The quantitative estimate of drug-likeness (QED) is 0.560. The maximum Gasteiger partial charge on any atom is 0.321 e. The Morgan fingerprint density at radius 1 is 1.08 bits per heavy atom. The number of fused-ring (bicyclic) bond motifs is 1. The molecule has 0 bridgehead atoms. The summed E-state index contributed by atoms with van der Waals surface area (Å²) in [6.07, 6.45) is -0.167. The van der Waals surface area contributed by atoms with Crippen LogP contribution in [0.2, 0.25) is 0 Å². The molecule has 3 amide bonds. The first kappa shape index (κ1) is 17.3. The molecule has 0 spiro atoms. The summed E-state index contributed by atoms with van der Waals surface area (Å²) < 4.78 is 10.6. The molecule has 2 aromatic carbocycles. The van der Waals surface area contributed by atoms with Crippen LogP contribution in [0.1, 0.15) is 21.5 Å². The van der Waals surface area contributed by atoms with Gasteiger partial charge < -0.3 is 20.5 Å². The number of hydrogen-bond donors (Lipinski definition) is 3. The monoisotopic (exact) mass is 355 g/mol. The van der Waals surface area contributed by atoms with Crippen LogP contribution in [0, 0.1) is 0 Å². The number of carbonyl (C=O) groups excluding carboxylic acids is 3. The summed E-state index contributed by atoms with van der Waals surface area (Å²) in [5, 5.41) is 4.47. The summed E-state index contributed by atoms with van der Waals surface area (Å²) in [6, 6.07) is 8.96. The Morgan fingerprint density at radius 3 is 2.38 bits per heavy atom. The van der Waals surface area contributed by atoms with Gasteiger partial charge in [0.15, 0.2) is 17.3 Å². The van der Waals surface area contributed by atoms with E-state index >= 15 is 0 Å². The summed E-state index contributed by atoms with van der Waals surface area (Å²) in [5.41, 5.74) is 7.34. The van der Waals surface area contributed by atoms with Gasteiger partial charge in [-0.05, 0) is 42.0 Å². The van der Waals surface area contributed by atoms with E-state index in [1.54, 1.807) is 36.4 Å². The first-order valence-corrected chi connectivity index (χ1v) is 7.82. The van der Waals surface area contributed by atoms with Crippen LogP contribution in [0.5, 0.6) is 11.5 Å². The molecule has 26 heavy (non-hydrogen) atoms. The molecule has 0 saturated heterocycles. The molecule has 0 unspecified atom stereocenters. The molecule has 0 atom stereocenters. The van der Waals surface area contributed by atoms with Gasteiger partial charge in [0.25, 0.3) is 0 Å². The minimum atomic E-state index is -0.623. The van der Waals surface area contributed by atoms with Crippen molar-refractivity contribution < 1.29 is 23.9 Å². The van der Waals surface area contributed by atoms with Gasteiger partial charge in [-0.3, -0.25) is 14.9 Å². The average Bonchev–Trinajstić information content (AvgIpc) is 3.08. The Kier molecular flexibility index (Phi) is 4.74. The summed E-state index contributed by atoms with van der Waals surface area (Å²) in [6.45, 7) is 0.0404. The highest BCUT2D eigenvalue weighted by atomic mass is 16.7. The Bertz CT molecular complexity index is 877. The Morgan fingerprint density at radius 2 is 1.73 bits per heavy atom. The van der Waals surface area contributed by atoms with Crippen LogP contribution < -0.4 is 25.8 Å². The van der Waals surface area contributed by atoms with Gasteiger partial charge in [-0.1, -0.05) is 0 Å². The SMILES string of the molecule is CNC(=O)NC(=O)Cc1cc2c(cc1C(=O)c1ccc(N)cc1)OCO2. The molecule has 3 rings (SSSR count). The van der Waals surface area contributed by atoms with E-state index in [2.05, 4.69) is 10.6 Å². The molecule has 0 radical (unpaired) electrons. The molecule has 0 fully saturated rings. The molecule has 134 valence electrons. The fourth-order valence-corrected chi connectivity index (χ4v) is 2.54. The smallest absolute Gasteiger partial charge is 0.321 e. The van der Waals surface area contributed by atoms with E-state index in [-0.39, 0.29) is 19.0 Å². The number of hydrogen-bond acceptors (Lipinski definition) is 6. The van der Waals surface area contributed by atoms with E-state index in [0.717, 1.165) is 0 Å². The number of anilines is 1. The number of imide groups is 1. The first-order valence-electron chi connectivity index (χ1n) is 7.82. The number of ether oxygens (including phenoxy) is 2. The summed E-state index contributed by atoms with van der Waals surface area (Å²) in [4.78, 5) is 36.3. The normalized spacial score (nSPS) is 11.7. The van der Waals surface area contributed by atoms with Gasteiger partial charge in [0.05, 0.1) is 6.42 Å². The minimum Gasteiger partial charge on any atom is -0.454 e. The molecule has 1 aliphatic heterocycles. The number of nitrogens with one attached hydrogen (secondary N) is 2. The van der Waals surface area contributed by atoms with Crippen molar-refractivity contribution in [3.05, 3.63) is 53.1 Å². The number of urea groups is 1. The van der Waals surface area contributed by atoms with Crippen LogP contribution in [0.4, 0.5) is 10.5 Å². The van der Waals surface area contributed by atoms with Crippen molar-refractivity contribution in [2.45, 2.75) is 6.42 Å². The van der Waals surface area contributed by atoms with Crippen LogP contribution in [-0.4, -0.2) is 31.6 Å². The maximum absolute atomic E-state index is 12.9. The summed E-state index contributed by atoms with van der Waals surface area (Å²) in [7, 11) is 1.40. The number of carbonyl (C=O) groups is 3. The first-order chi connectivity index (χ1) is 12.5. The van der Waals surface area contributed by atoms with E-state index in [1.807, 2.05) is 0 Å². The van der Waals surface area contributed by atoms with E-state index in [4.69, 9.17) is 15.2 Å². The van der Waals surface area contributed by atoms with Crippen molar-refractivity contribution >= 4 is 23.4 Å². The lowest BCUT2D eigenvalue weighted by atomic mass is 9.95. The molecular weight excluding hydrogens is 338 g/mol. The van der Waals surface area contributed by atoms with Gasteiger partial charge in [0, 0.05) is 23.9 Å². The second-order valence-corrected chi connectivity index (χ2v) is 5.62. The van der Waals surface area contributed by atoms with E-state index in [1.165, 1.54) is 7.05 Å². The number of rotatable bonds is 4. The average molecular weight is 355 g/mol. The van der Waals surface area contributed by atoms with Crippen molar-refractivity contribution in [1.29, 1.82) is 0 Å². The number of benzene rings is 2. The van der Waals surface area contributed by atoms with Crippen LogP contribution in [0.25, 0.3) is 0 Å². The Balaban J connectivity index is 1.95. The topological polar surface area (TPSA) is 120 Å². The second-order valence-electron chi connectivity index (χ2n) is 5.62. The molecule has 1 heterocycles. The number of nitrogen functional groups attached to an aromatic ring is 1.